The number of benzene rings is 2. The molecule has 32 heavy (non-hydrogen) atoms. The van der Waals surface area contributed by atoms with Crippen molar-refractivity contribution in [3.05, 3.63) is 78.1 Å². The molecule has 0 aliphatic heterocycles. The molecule has 1 heterocycles. The number of nitrogens with one attached hydrogen (secondary N) is 2. The number of aliphatic hydroxyl groups is 1. The summed E-state index contributed by atoms with van der Waals surface area (Å²) in [5, 5.41) is 21.3. The van der Waals surface area contributed by atoms with Crippen LogP contribution in [0.5, 0.6) is 5.75 Å². The number of rotatable bonds is 9. The van der Waals surface area contributed by atoms with Crippen LogP contribution >= 0.6 is 24.0 Å². The second-order valence-electron chi connectivity index (χ2n) is 7.46. The van der Waals surface area contributed by atoms with Crippen molar-refractivity contribution in [2.45, 2.75) is 39.5 Å². The lowest BCUT2D eigenvalue weighted by Gasteiger charge is -2.16. The number of nitrogens with zero attached hydrogens (tertiary/aromatic N) is 3. The molecular formula is C24H32IN5O2. The summed E-state index contributed by atoms with van der Waals surface area (Å²) < 4.78 is 7.48. The van der Waals surface area contributed by atoms with Crippen molar-refractivity contribution >= 4 is 29.9 Å². The Bertz CT molecular complexity index is 958. The number of hydrogen-bond acceptors (Lipinski definition) is 4. The fourth-order valence-corrected chi connectivity index (χ4v) is 3.03. The molecule has 0 saturated heterocycles. The molecule has 1 unspecified atom stereocenters. The van der Waals surface area contributed by atoms with E-state index in [1.807, 2.05) is 92.4 Å². The first-order chi connectivity index (χ1) is 15.0. The Balaban J connectivity index is 0.00000363. The molecule has 0 fully saturated rings. The predicted molar refractivity (Wildman–Crippen MR) is 139 cm³/mol. The first-order valence-electron chi connectivity index (χ1n) is 10.6. The van der Waals surface area contributed by atoms with Gasteiger partial charge in [-0.3, -0.25) is 0 Å². The van der Waals surface area contributed by atoms with E-state index in [-0.39, 0.29) is 30.1 Å². The number of aliphatic hydroxyl groups excluding tert-OH is 1. The summed E-state index contributed by atoms with van der Waals surface area (Å²) in [6, 6.07) is 17.5. The van der Waals surface area contributed by atoms with Crippen LogP contribution in [0.4, 0.5) is 0 Å². The Hall–Kier alpha value is -2.59. The van der Waals surface area contributed by atoms with Crippen LogP contribution in [0.25, 0.3) is 5.69 Å². The van der Waals surface area contributed by atoms with E-state index in [4.69, 9.17) is 4.74 Å². The van der Waals surface area contributed by atoms with Gasteiger partial charge >= 0.3 is 0 Å². The number of para-hydroxylation sites is 1. The van der Waals surface area contributed by atoms with E-state index >= 15 is 0 Å². The van der Waals surface area contributed by atoms with Gasteiger partial charge in [0.1, 0.15) is 5.75 Å². The van der Waals surface area contributed by atoms with Crippen molar-refractivity contribution < 1.29 is 9.84 Å². The normalized spacial score (nSPS) is 12.2. The molecular weight excluding hydrogens is 517 g/mol. The molecule has 172 valence electrons. The third-order valence-corrected chi connectivity index (χ3v) is 4.52. The van der Waals surface area contributed by atoms with Gasteiger partial charge in [-0.1, -0.05) is 30.3 Å². The Labute approximate surface area is 206 Å². The third-order valence-electron chi connectivity index (χ3n) is 4.52. The number of guanidine groups is 1. The summed E-state index contributed by atoms with van der Waals surface area (Å²) in [7, 11) is 0. The van der Waals surface area contributed by atoms with Gasteiger partial charge in [-0.25, -0.2) is 9.67 Å². The van der Waals surface area contributed by atoms with Crippen molar-refractivity contribution in [3.63, 3.8) is 0 Å². The van der Waals surface area contributed by atoms with E-state index in [1.165, 1.54) is 0 Å². The van der Waals surface area contributed by atoms with Crippen molar-refractivity contribution in [2.75, 3.05) is 13.1 Å². The van der Waals surface area contributed by atoms with Gasteiger partial charge in [0.05, 0.1) is 30.6 Å². The minimum absolute atomic E-state index is 0. The zero-order chi connectivity index (χ0) is 22.1. The largest absolute Gasteiger partial charge is 0.491 e. The van der Waals surface area contributed by atoms with E-state index in [9.17, 15) is 5.11 Å². The van der Waals surface area contributed by atoms with Crippen LogP contribution in [0.15, 0.2) is 72.0 Å². The van der Waals surface area contributed by atoms with Crippen LogP contribution in [-0.2, 0) is 6.54 Å². The maximum Gasteiger partial charge on any atom is 0.191 e. The SMILES string of the molecule is CCNC(=NCc1cnn(-c2ccccc2)c1)NCC(O)c1ccc(OC(C)C)cc1.I. The van der Waals surface area contributed by atoms with Crippen molar-refractivity contribution in [1.29, 1.82) is 0 Å². The van der Waals surface area contributed by atoms with Crippen LogP contribution < -0.4 is 15.4 Å². The van der Waals surface area contributed by atoms with Crippen LogP contribution in [0.1, 0.15) is 38.0 Å². The fourth-order valence-electron chi connectivity index (χ4n) is 3.03. The second-order valence-corrected chi connectivity index (χ2v) is 7.46. The molecule has 3 N–H and O–H groups in total. The van der Waals surface area contributed by atoms with Gasteiger partial charge in [-0.2, -0.15) is 5.10 Å². The van der Waals surface area contributed by atoms with Crippen LogP contribution in [0, 0.1) is 0 Å². The molecule has 0 spiro atoms. The summed E-state index contributed by atoms with van der Waals surface area (Å²) >= 11 is 0. The van der Waals surface area contributed by atoms with Crippen molar-refractivity contribution in [2.24, 2.45) is 4.99 Å². The molecule has 0 aliphatic rings. The van der Waals surface area contributed by atoms with Gasteiger partial charge in [0.25, 0.3) is 0 Å². The zero-order valence-corrected chi connectivity index (χ0v) is 21.1. The zero-order valence-electron chi connectivity index (χ0n) is 18.7. The summed E-state index contributed by atoms with van der Waals surface area (Å²) in [5.74, 6) is 1.44. The quantitative estimate of drug-likeness (QED) is 0.213. The Kier molecular flexibility index (Phi) is 10.5. The fraction of sp³-hybridized carbons (Fsp3) is 0.333. The molecule has 3 aromatic rings. The summed E-state index contributed by atoms with van der Waals surface area (Å²) in [5.41, 5.74) is 2.83. The van der Waals surface area contributed by atoms with E-state index < -0.39 is 6.10 Å². The third kappa shape index (κ3) is 7.83. The van der Waals surface area contributed by atoms with Crippen LogP contribution in [-0.4, -0.2) is 40.0 Å². The number of ether oxygens (including phenoxy) is 1. The second kappa shape index (κ2) is 13.1. The molecule has 7 nitrogen and oxygen atoms in total. The number of halogens is 1. The molecule has 0 aliphatic carbocycles. The van der Waals surface area contributed by atoms with Crippen LogP contribution in [0.3, 0.4) is 0 Å². The first kappa shape index (κ1) is 25.7. The summed E-state index contributed by atoms with van der Waals surface area (Å²) in [6.45, 7) is 7.54. The lowest BCUT2D eigenvalue weighted by Crippen LogP contribution is -2.39. The number of aromatic nitrogens is 2. The Morgan fingerprint density at radius 3 is 2.47 bits per heavy atom. The van der Waals surface area contributed by atoms with E-state index in [0.29, 0.717) is 19.0 Å². The molecule has 0 saturated carbocycles. The minimum Gasteiger partial charge on any atom is -0.491 e. The van der Waals surface area contributed by atoms with Crippen LogP contribution in [0.2, 0.25) is 0 Å². The first-order valence-corrected chi connectivity index (χ1v) is 10.6. The molecule has 0 amide bonds. The van der Waals surface area contributed by atoms with E-state index in [1.54, 1.807) is 0 Å². The summed E-state index contributed by atoms with van der Waals surface area (Å²) in [4.78, 5) is 4.61. The average molecular weight is 549 g/mol. The molecule has 1 aromatic heterocycles. The van der Waals surface area contributed by atoms with Gasteiger partial charge < -0.3 is 20.5 Å². The van der Waals surface area contributed by atoms with Gasteiger partial charge in [0.15, 0.2) is 5.96 Å². The topological polar surface area (TPSA) is 83.7 Å². The predicted octanol–water partition coefficient (Wildman–Crippen LogP) is 4.07. The van der Waals surface area contributed by atoms with Gasteiger partial charge in [0, 0.05) is 24.8 Å². The van der Waals surface area contributed by atoms with Gasteiger partial charge in [0.2, 0.25) is 0 Å². The standard InChI is InChI=1S/C24H31N5O2.HI/c1-4-25-24(26-14-19-15-28-29(17-19)21-8-6-5-7-9-21)27-16-23(30)20-10-12-22(13-11-20)31-18(2)3;/h5-13,15,17-18,23,30H,4,14,16H2,1-3H3,(H2,25,26,27);1H. The average Bonchev–Trinajstić information content (AvgIpc) is 3.25. The number of aliphatic imine (C=N–C) groups is 1. The Morgan fingerprint density at radius 2 is 1.81 bits per heavy atom. The lowest BCUT2D eigenvalue weighted by atomic mass is 10.1. The minimum atomic E-state index is -0.655. The molecule has 3 rings (SSSR count). The highest BCUT2D eigenvalue weighted by Crippen LogP contribution is 2.18. The van der Waals surface area contributed by atoms with Crippen molar-refractivity contribution in [1.82, 2.24) is 20.4 Å². The highest BCUT2D eigenvalue weighted by Gasteiger charge is 2.09. The highest BCUT2D eigenvalue weighted by atomic mass is 127. The molecule has 2 aromatic carbocycles. The lowest BCUT2D eigenvalue weighted by molar-refractivity contribution is 0.180. The maximum atomic E-state index is 10.5. The monoisotopic (exact) mass is 549 g/mol. The Morgan fingerprint density at radius 1 is 1.09 bits per heavy atom. The van der Waals surface area contributed by atoms with Crippen molar-refractivity contribution in [3.8, 4) is 11.4 Å². The molecule has 0 radical (unpaired) electrons. The van der Waals surface area contributed by atoms with E-state index in [2.05, 4.69) is 20.7 Å². The van der Waals surface area contributed by atoms with E-state index in [0.717, 1.165) is 29.1 Å². The maximum absolute atomic E-state index is 10.5. The number of hydrogen-bond donors (Lipinski definition) is 3. The summed E-state index contributed by atoms with van der Waals surface area (Å²) in [6.07, 6.45) is 3.25. The van der Waals surface area contributed by atoms with Gasteiger partial charge in [-0.15, -0.1) is 24.0 Å². The molecule has 0 bridgehead atoms. The highest BCUT2D eigenvalue weighted by molar-refractivity contribution is 14.0. The molecule has 1 atom stereocenters. The smallest absolute Gasteiger partial charge is 0.191 e. The molecule has 8 heteroatoms. The van der Waals surface area contributed by atoms with Gasteiger partial charge in [-0.05, 0) is 50.6 Å².